The fourth-order valence-electron chi connectivity index (χ4n) is 3.24. The molecule has 4 aromatic rings. The van der Waals surface area contributed by atoms with Gasteiger partial charge in [-0.05, 0) is 36.8 Å². The topological polar surface area (TPSA) is 100 Å². The molecule has 0 aliphatic carbocycles. The molecule has 2 aromatic heterocycles. The molecule has 3 N–H and O–H groups in total. The second-order valence-corrected chi connectivity index (χ2v) is 6.91. The van der Waals surface area contributed by atoms with E-state index in [1.54, 1.807) is 19.2 Å². The number of aromatic amines is 1. The molecule has 0 saturated carbocycles. The molecule has 0 saturated heterocycles. The number of benzene rings is 2. The first kappa shape index (κ1) is 19.4. The molecule has 7 nitrogen and oxygen atoms in total. The lowest BCUT2D eigenvalue weighted by Crippen LogP contribution is -2.45. The van der Waals surface area contributed by atoms with Crippen LogP contribution in [-0.4, -0.2) is 28.0 Å². The Hall–Kier alpha value is -3.94. The van der Waals surface area contributed by atoms with E-state index in [2.05, 4.69) is 20.8 Å². The number of aryl methyl sites for hydroxylation is 1. The van der Waals surface area contributed by atoms with E-state index in [1.807, 2.05) is 24.3 Å². The zero-order chi connectivity index (χ0) is 21.1. The van der Waals surface area contributed by atoms with Crippen molar-refractivity contribution in [2.45, 2.75) is 19.4 Å². The Morgan fingerprint density at radius 1 is 1.17 bits per heavy atom. The Balaban J connectivity index is 1.59. The summed E-state index contributed by atoms with van der Waals surface area (Å²) in [7, 11) is 0. The second kappa shape index (κ2) is 8.20. The van der Waals surface area contributed by atoms with Gasteiger partial charge in [-0.25, -0.2) is 4.39 Å². The van der Waals surface area contributed by atoms with Gasteiger partial charge in [-0.15, -0.1) is 0 Å². The number of nitrogens with zero attached hydrogens (tertiary/aromatic N) is 1. The molecule has 0 spiro atoms. The van der Waals surface area contributed by atoms with E-state index in [1.165, 1.54) is 18.2 Å². The summed E-state index contributed by atoms with van der Waals surface area (Å²) in [5.74, 6) is -0.744. The number of H-pyrrole nitrogens is 1. The number of carbonyl (C=O) groups is 2. The molecule has 152 valence electrons. The summed E-state index contributed by atoms with van der Waals surface area (Å²) in [4.78, 5) is 28.7. The maximum atomic E-state index is 13.5. The minimum absolute atomic E-state index is 0.129. The van der Waals surface area contributed by atoms with Gasteiger partial charge in [-0.2, -0.15) is 0 Å². The third kappa shape index (κ3) is 4.22. The first-order chi connectivity index (χ1) is 14.5. The number of rotatable bonds is 6. The molecule has 0 bridgehead atoms. The molecule has 1 atom stereocenters. The van der Waals surface area contributed by atoms with Crippen LogP contribution < -0.4 is 10.6 Å². The molecule has 8 heteroatoms. The van der Waals surface area contributed by atoms with Crippen molar-refractivity contribution in [1.29, 1.82) is 0 Å². The number of anilines is 1. The predicted molar refractivity (Wildman–Crippen MR) is 110 cm³/mol. The molecule has 0 fully saturated rings. The maximum absolute atomic E-state index is 13.5. The zero-order valence-electron chi connectivity index (χ0n) is 16.1. The van der Waals surface area contributed by atoms with Gasteiger partial charge in [0.25, 0.3) is 5.91 Å². The van der Waals surface area contributed by atoms with E-state index in [0.717, 1.165) is 22.5 Å². The van der Waals surface area contributed by atoms with Crippen LogP contribution in [0.2, 0.25) is 0 Å². The number of hydrogen-bond acceptors (Lipinski definition) is 4. The van der Waals surface area contributed by atoms with Gasteiger partial charge < -0.3 is 20.1 Å². The van der Waals surface area contributed by atoms with E-state index < -0.39 is 23.7 Å². The number of hydrogen-bond donors (Lipinski definition) is 3. The van der Waals surface area contributed by atoms with Crippen LogP contribution in [-0.2, 0) is 11.2 Å². The van der Waals surface area contributed by atoms with Gasteiger partial charge in [0.1, 0.15) is 17.6 Å². The van der Waals surface area contributed by atoms with Crippen LogP contribution in [0, 0.1) is 12.7 Å². The monoisotopic (exact) mass is 406 g/mol. The van der Waals surface area contributed by atoms with Crippen LogP contribution in [0.4, 0.5) is 10.2 Å². The zero-order valence-corrected chi connectivity index (χ0v) is 16.1. The fraction of sp³-hybridized carbons (Fsp3) is 0.136. The first-order valence-electron chi connectivity index (χ1n) is 9.35. The van der Waals surface area contributed by atoms with Gasteiger partial charge in [-0.3, -0.25) is 9.59 Å². The SMILES string of the molecule is Cc1cc(NC(=O)[C@H](Cc2c[nH]c3ccccc23)NC(=O)c2cccc(F)c2)no1. The number of carbonyl (C=O) groups excluding carboxylic acids is 2. The van der Waals surface area contributed by atoms with E-state index in [0.29, 0.717) is 5.76 Å². The van der Waals surface area contributed by atoms with Crippen LogP contribution in [0.25, 0.3) is 10.9 Å². The van der Waals surface area contributed by atoms with E-state index in [-0.39, 0.29) is 17.8 Å². The number of fused-ring (bicyclic) bond motifs is 1. The molecule has 30 heavy (non-hydrogen) atoms. The van der Waals surface area contributed by atoms with E-state index in [9.17, 15) is 14.0 Å². The number of para-hydroxylation sites is 1. The molecule has 0 aliphatic rings. The standard InChI is InChI=1S/C22H19FN4O3/c1-13-9-20(27-30-13)26-22(29)19(25-21(28)14-5-4-6-16(23)10-14)11-15-12-24-18-8-3-2-7-17(15)18/h2-10,12,19,24H,11H2,1H3,(H,25,28)(H,26,27,29)/t19-/m0/s1. The summed E-state index contributed by atoms with van der Waals surface area (Å²) in [5.41, 5.74) is 1.92. The van der Waals surface area contributed by atoms with Gasteiger partial charge in [0, 0.05) is 35.2 Å². The lowest BCUT2D eigenvalue weighted by atomic mass is 10.0. The Kier molecular flexibility index (Phi) is 5.30. The summed E-state index contributed by atoms with van der Waals surface area (Å²) in [6.45, 7) is 1.71. The van der Waals surface area contributed by atoms with Crippen LogP contribution >= 0.6 is 0 Å². The molecule has 4 rings (SSSR count). The molecular weight excluding hydrogens is 387 g/mol. The lowest BCUT2D eigenvalue weighted by Gasteiger charge is -2.18. The van der Waals surface area contributed by atoms with Crippen molar-refractivity contribution < 1.29 is 18.5 Å². The summed E-state index contributed by atoms with van der Waals surface area (Å²) >= 11 is 0. The summed E-state index contributed by atoms with van der Waals surface area (Å²) in [6.07, 6.45) is 2.03. The highest BCUT2D eigenvalue weighted by atomic mass is 19.1. The van der Waals surface area contributed by atoms with Crippen molar-refractivity contribution in [3.63, 3.8) is 0 Å². The Bertz CT molecular complexity index is 1210. The number of nitrogens with one attached hydrogen (secondary N) is 3. The molecule has 2 heterocycles. The van der Waals surface area contributed by atoms with Crippen molar-refractivity contribution in [3.05, 3.63) is 83.5 Å². The smallest absolute Gasteiger partial charge is 0.252 e. The van der Waals surface area contributed by atoms with Crippen LogP contribution in [0.5, 0.6) is 0 Å². The highest BCUT2D eigenvalue weighted by Crippen LogP contribution is 2.20. The molecule has 0 unspecified atom stereocenters. The first-order valence-corrected chi connectivity index (χ1v) is 9.35. The molecule has 0 aliphatic heterocycles. The third-order valence-electron chi connectivity index (χ3n) is 4.69. The summed E-state index contributed by atoms with van der Waals surface area (Å²) < 4.78 is 18.5. The van der Waals surface area contributed by atoms with Gasteiger partial charge in [0.05, 0.1) is 0 Å². The Morgan fingerprint density at radius 3 is 2.77 bits per heavy atom. The van der Waals surface area contributed by atoms with E-state index in [4.69, 9.17) is 4.52 Å². The Morgan fingerprint density at radius 2 is 2.00 bits per heavy atom. The summed E-state index contributed by atoms with van der Waals surface area (Å²) in [5, 5.41) is 10.1. The largest absolute Gasteiger partial charge is 0.361 e. The number of halogens is 1. The van der Waals surface area contributed by atoms with Gasteiger partial charge in [-0.1, -0.05) is 29.4 Å². The lowest BCUT2D eigenvalue weighted by molar-refractivity contribution is -0.118. The average molecular weight is 406 g/mol. The quantitative estimate of drug-likeness (QED) is 0.456. The highest BCUT2D eigenvalue weighted by molar-refractivity contribution is 6.01. The fourth-order valence-corrected chi connectivity index (χ4v) is 3.24. The normalized spacial score (nSPS) is 11.9. The molecule has 2 aromatic carbocycles. The van der Waals surface area contributed by atoms with Crippen LogP contribution in [0.1, 0.15) is 21.7 Å². The molecule has 2 amide bonds. The van der Waals surface area contributed by atoms with Crippen molar-refractivity contribution in [3.8, 4) is 0 Å². The predicted octanol–water partition coefficient (Wildman–Crippen LogP) is 3.58. The van der Waals surface area contributed by atoms with Crippen molar-refractivity contribution in [2.75, 3.05) is 5.32 Å². The van der Waals surface area contributed by atoms with Crippen molar-refractivity contribution in [1.82, 2.24) is 15.5 Å². The molecule has 0 radical (unpaired) electrons. The van der Waals surface area contributed by atoms with Gasteiger partial charge in [0.15, 0.2) is 5.82 Å². The second-order valence-electron chi connectivity index (χ2n) is 6.91. The minimum Gasteiger partial charge on any atom is -0.361 e. The Labute approximate surface area is 171 Å². The number of aromatic nitrogens is 2. The minimum atomic E-state index is -0.919. The van der Waals surface area contributed by atoms with Crippen molar-refractivity contribution in [2.24, 2.45) is 0 Å². The van der Waals surface area contributed by atoms with Crippen LogP contribution in [0.15, 0.2) is 65.3 Å². The molecular formula is C22H19FN4O3. The average Bonchev–Trinajstić information content (AvgIpc) is 3.33. The van der Waals surface area contributed by atoms with Crippen molar-refractivity contribution >= 4 is 28.5 Å². The van der Waals surface area contributed by atoms with Gasteiger partial charge >= 0.3 is 0 Å². The third-order valence-corrected chi connectivity index (χ3v) is 4.69. The van der Waals surface area contributed by atoms with Gasteiger partial charge in [0.2, 0.25) is 5.91 Å². The highest BCUT2D eigenvalue weighted by Gasteiger charge is 2.24. The number of amides is 2. The van der Waals surface area contributed by atoms with Crippen LogP contribution in [0.3, 0.4) is 0 Å². The maximum Gasteiger partial charge on any atom is 0.252 e. The van der Waals surface area contributed by atoms with E-state index >= 15 is 0 Å². The summed E-state index contributed by atoms with van der Waals surface area (Å²) in [6, 6.07) is 13.6.